The molecule has 1 aromatic rings. The summed E-state index contributed by atoms with van der Waals surface area (Å²) in [5, 5.41) is 10.8. The number of rotatable bonds is 6. The van der Waals surface area contributed by atoms with E-state index in [-0.39, 0.29) is 15.6 Å². The van der Waals surface area contributed by atoms with Crippen molar-refractivity contribution < 1.29 is 13.3 Å². The van der Waals surface area contributed by atoms with Crippen molar-refractivity contribution in [1.82, 2.24) is 4.31 Å². The van der Waals surface area contributed by atoms with Crippen LogP contribution in [-0.4, -0.2) is 30.7 Å². The monoisotopic (exact) mass is 318 g/mol. The molecule has 0 heterocycles. The molecule has 0 N–H and O–H groups in total. The maximum Gasteiger partial charge on any atom is 0.270 e. The highest BCUT2D eigenvalue weighted by atomic mass is 35.5. The van der Waals surface area contributed by atoms with Crippen LogP contribution in [0.3, 0.4) is 0 Å². The highest BCUT2D eigenvalue weighted by Crippen LogP contribution is 2.33. The van der Waals surface area contributed by atoms with Gasteiger partial charge < -0.3 is 0 Å². The van der Waals surface area contributed by atoms with E-state index < -0.39 is 14.9 Å². The predicted octanol–water partition coefficient (Wildman–Crippen LogP) is 2.67. The molecule has 0 aliphatic heterocycles. The van der Waals surface area contributed by atoms with Gasteiger partial charge in [0.05, 0.1) is 9.95 Å². The second-order valence-corrected chi connectivity index (χ2v) is 7.08. The number of halogens is 1. The fourth-order valence-corrected chi connectivity index (χ4v) is 3.95. The lowest BCUT2D eigenvalue weighted by Crippen LogP contribution is -2.33. The molecule has 0 atom stereocenters. The van der Waals surface area contributed by atoms with Crippen LogP contribution in [0.15, 0.2) is 23.1 Å². The van der Waals surface area contributed by atoms with Crippen LogP contribution in [-0.2, 0) is 10.0 Å². The summed E-state index contributed by atoms with van der Waals surface area (Å²) in [6, 6.07) is 3.46. The first kappa shape index (κ1) is 15.2. The molecule has 0 aromatic heterocycles. The minimum atomic E-state index is -3.80. The Hall–Kier alpha value is -1.18. The Balaban J connectivity index is 2.40. The summed E-state index contributed by atoms with van der Waals surface area (Å²) in [5.41, 5.74) is -0.282. The van der Waals surface area contributed by atoms with Crippen molar-refractivity contribution in [1.29, 1.82) is 0 Å². The number of nitro benzene ring substituents is 1. The van der Waals surface area contributed by atoms with Crippen LogP contribution in [0.2, 0.25) is 5.02 Å². The molecule has 6 nitrogen and oxygen atoms in total. The number of nitro groups is 1. The van der Waals surface area contributed by atoms with Crippen molar-refractivity contribution in [3.8, 4) is 0 Å². The number of non-ortho nitro benzene ring substituents is 1. The maximum absolute atomic E-state index is 12.5. The summed E-state index contributed by atoms with van der Waals surface area (Å²) in [7, 11) is -3.80. The number of benzene rings is 1. The van der Waals surface area contributed by atoms with Crippen LogP contribution in [0.25, 0.3) is 0 Å². The first-order chi connectivity index (χ1) is 9.36. The molecule has 20 heavy (non-hydrogen) atoms. The van der Waals surface area contributed by atoms with Crippen LogP contribution < -0.4 is 0 Å². The Labute approximate surface area is 122 Å². The molecule has 1 saturated carbocycles. The topological polar surface area (TPSA) is 80.5 Å². The normalized spacial score (nSPS) is 15.6. The van der Waals surface area contributed by atoms with Crippen LogP contribution in [0.5, 0.6) is 0 Å². The minimum Gasteiger partial charge on any atom is -0.258 e. The van der Waals surface area contributed by atoms with E-state index in [0.29, 0.717) is 19.0 Å². The molecule has 8 heteroatoms. The van der Waals surface area contributed by atoms with E-state index >= 15 is 0 Å². The Bertz CT molecular complexity index is 628. The number of hydrogen-bond acceptors (Lipinski definition) is 4. The fourth-order valence-electron chi connectivity index (χ4n) is 1.93. The molecule has 0 spiro atoms. The average molecular weight is 319 g/mol. The third-order valence-electron chi connectivity index (χ3n) is 3.25. The van der Waals surface area contributed by atoms with E-state index in [1.54, 1.807) is 6.92 Å². The first-order valence-electron chi connectivity index (χ1n) is 6.30. The molecule has 0 unspecified atom stereocenters. The van der Waals surface area contributed by atoms with E-state index in [0.717, 1.165) is 18.9 Å². The van der Waals surface area contributed by atoms with Crippen molar-refractivity contribution >= 4 is 27.3 Å². The van der Waals surface area contributed by atoms with Gasteiger partial charge in [0.2, 0.25) is 10.0 Å². The highest BCUT2D eigenvalue weighted by molar-refractivity contribution is 7.89. The first-order valence-corrected chi connectivity index (χ1v) is 8.12. The Morgan fingerprint density at radius 1 is 1.45 bits per heavy atom. The minimum absolute atomic E-state index is 0.00449. The predicted molar refractivity (Wildman–Crippen MR) is 75.3 cm³/mol. The van der Waals surface area contributed by atoms with Crippen LogP contribution in [0.1, 0.15) is 19.8 Å². The molecule has 2 rings (SSSR count). The third kappa shape index (κ3) is 3.11. The zero-order valence-electron chi connectivity index (χ0n) is 11.0. The van der Waals surface area contributed by atoms with Gasteiger partial charge in [-0.05, 0) is 24.8 Å². The van der Waals surface area contributed by atoms with E-state index in [4.69, 9.17) is 11.6 Å². The van der Waals surface area contributed by atoms with Gasteiger partial charge in [0, 0.05) is 25.2 Å². The zero-order valence-corrected chi connectivity index (χ0v) is 12.5. The summed E-state index contributed by atoms with van der Waals surface area (Å²) in [6.07, 6.45) is 2.05. The fraction of sp³-hybridized carbons (Fsp3) is 0.500. The van der Waals surface area contributed by atoms with E-state index in [2.05, 4.69) is 0 Å². The summed E-state index contributed by atoms with van der Waals surface area (Å²) in [4.78, 5) is 9.94. The van der Waals surface area contributed by atoms with Gasteiger partial charge in [-0.25, -0.2) is 8.42 Å². The summed E-state index contributed by atoms with van der Waals surface area (Å²) >= 11 is 5.91. The third-order valence-corrected chi connectivity index (χ3v) is 5.68. The molecule has 1 aromatic carbocycles. The maximum atomic E-state index is 12.5. The van der Waals surface area contributed by atoms with Gasteiger partial charge in [-0.3, -0.25) is 10.1 Å². The van der Waals surface area contributed by atoms with Gasteiger partial charge in [-0.2, -0.15) is 4.31 Å². The Kier molecular flexibility index (Phi) is 4.31. The zero-order chi connectivity index (χ0) is 14.9. The number of hydrogen-bond donors (Lipinski definition) is 0. The van der Waals surface area contributed by atoms with Crippen LogP contribution in [0.4, 0.5) is 5.69 Å². The smallest absolute Gasteiger partial charge is 0.258 e. The molecule has 1 aliphatic carbocycles. The highest BCUT2D eigenvalue weighted by Gasteiger charge is 2.32. The molecule has 1 fully saturated rings. The molecule has 0 amide bonds. The standard InChI is InChI=1S/C12H15ClN2O4S/c1-2-14(8-9-3-4-9)20(18,19)12-7-10(15(16)17)5-6-11(12)13/h5-7,9H,2-4,8H2,1H3. The molecule has 0 radical (unpaired) electrons. The van der Waals surface area contributed by atoms with E-state index in [1.807, 2.05) is 0 Å². The molecule has 0 saturated heterocycles. The molecular formula is C12H15ClN2O4S. The molecular weight excluding hydrogens is 304 g/mol. The Morgan fingerprint density at radius 2 is 2.10 bits per heavy atom. The largest absolute Gasteiger partial charge is 0.270 e. The van der Waals surface area contributed by atoms with Crippen molar-refractivity contribution in [2.24, 2.45) is 5.92 Å². The molecule has 110 valence electrons. The second kappa shape index (κ2) is 5.67. The average Bonchev–Trinajstić information content (AvgIpc) is 3.19. The van der Waals surface area contributed by atoms with Gasteiger partial charge in [-0.1, -0.05) is 18.5 Å². The van der Waals surface area contributed by atoms with Gasteiger partial charge in [-0.15, -0.1) is 0 Å². The van der Waals surface area contributed by atoms with E-state index in [9.17, 15) is 18.5 Å². The van der Waals surface area contributed by atoms with E-state index in [1.165, 1.54) is 16.4 Å². The van der Waals surface area contributed by atoms with Gasteiger partial charge in [0.1, 0.15) is 4.90 Å². The van der Waals surface area contributed by atoms with Crippen molar-refractivity contribution in [3.05, 3.63) is 33.3 Å². The lowest BCUT2D eigenvalue weighted by molar-refractivity contribution is -0.385. The van der Waals surface area contributed by atoms with Gasteiger partial charge in [0.15, 0.2) is 0 Å². The summed E-state index contributed by atoms with van der Waals surface area (Å²) in [6.45, 7) is 2.50. The number of sulfonamides is 1. The lowest BCUT2D eigenvalue weighted by atomic mass is 10.3. The van der Waals surface area contributed by atoms with Gasteiger partial charge >= 0.3 is 0 Å². The van der Waals surface area contributed by atoms with Gasteiger partial charge in [0.25, 0.3) is 5.69 Å². The quantitative estimate of drug-likeness (QED) is 0.596. The lowest BCUT2D eigenvalue weighted by Gasteiger charge is -2.20. The summed E-state index contributed by atoms with van der Waals surface area (Å²) in [5.74, 6) is 0.391. The number of nitrogens with zero attached hydrogens (tertiary/aromatic N) is 2. The van der Waals surface area contributed by atoms with Crippen LogP contribution in [0, 0.1) is 16.0 Å². The van der Waals surface area contributed by atoms with Crippen molar-refractivity contribution in [2.75, 3.05) is 13.1 Å². The molecule has 1 aliphatic rings. The van der Waals surface area contributed by atoms with Crippen molar-refractivity contribution in [3.63, 3.8) is 0 Å². The Morgan fingerprint density at radius 3 is 2.60 bits per heavy atom. The SMILES string of the molecule is CCN(CC1CC1)S(=O)(=O)c1cc([N+](=O)[O-])ccc1Cl. The van der Waals surface area contributed by atoms with Crippen LogP contribution >= 0.6 is 11.6 Å². The van der Waals surface area contributed by atoms with Crippen molar-refractivity contribution in [2.45, 2.75) is 24.7 Å². The summed E-state index contributed by atoms with van der Waals surface area (Å²) < 4.78 is 26.4. The second-order valence-electron chi connectivity index (χ2n) is 4.77. The molecule has 0 bridgehead atoms.